The van der Waals surface area contributed by atoms with Crippen molar-refractivity contribution in [2.75, 3.05) is 58.6 Å². The fourth-order valence-corrected chi connectivity index (χ4v) is 20.9. The molecule has 0 saturated heterocycles. The number of benzene rings is 8. The van der Waals surface area contributed by atoms with E-state index in [1.54, 1.807) is 77.1 Å². The fourth-order valence-electron chi connectivity index (χ4n) is 12.7. The quantitative estimate of drug-likeness (QED) is 0.0128. The number of carbonyl (C=O) groups is 2. The molecule has 0 aromatic heterocycles. The number of aliphatic hydroxyl groups excluding tert-OH is 3. The van der Waals surface area contributed by atoms with E-state index in [0.29, 0.717) is 50.4 Å². The molecule has 0 spiro atoms. The monoisotopic (exact) mass is 2010 g/mol. The zero-order valence-electron chi connectivity index (χ0n) is 64.6. The third kappa shape index (κ3) is 30.0. The van der Waals surface area contributed by atoms with Crippen molar-refractivity contribution in [1.29, 1.82) is 0 Å². The molecule has 111 heavy (non-hydrogen) atoms. The first-order valence-electron chi connectivity index (χ1n) is 35.3. The number of anilines is 3. The Bertz CT molecular complexity index is 4860. The summed E-state index contributed by atoms with van der Waals surface area (Å²) in [5.41, 5.74) is 5.16. The first-order valence-corrected chi connectivity index (χ1v) is 57.4. The van der Waals surface area contributed by atoms with Crippen molar-refractivity contribution in [3.05, 3.63) is 249 Å². The standard InChI is InChI=1S/3C20H25NO3S.C18H19NO5S.C3H4O.2CH2.3HI.2V.H2/c2*1-4-21-15-10-11-17-16(12-15)18(14-8-6-5-7-9-14)19(22)20(2,3)13-25(17,23)24;1-4-21-18-10-11-19(25(23,24)15-20(2,3)14-22)17(13-18)12-16-8-6-5-7-9-16;1-18(2,12-20)13-25(23,24)17-9-8-16(19(21)22)11-15(17)10-14-6-4-3-5-7-14;1-2-3-4;;;;;;;;/h2*5-12,18-19,21-22H,4,13H2,1-3H3;5-11,13-14,21H,4,12,15H2,1-3H3;3-9,11-12H,10,13H2,1-2H3;4H,1H3;2*1H2;3*1H;;;1H/q;;;;;;;;;;;+3;/p-3. The van der Waals surface area contributed by atoms with Crippen molar-refractivity contribution in [1.82, 2.24) is 0 Å². The number of aldehydes is 2. The first kappa shape index (κ1) is 97.4. The van der Waals surface area contributed by atoms with Gasteiger partial charge in [0.05, 0.1) is 59.7 Å². The van der Waals surface area contributed by atoms with Crippen molar-refractivity contribution in [3.63, 3.8) is 0 Å². The SMILES string of the molecule is CC#CO.CC(C)(C=O)CS(=O)(=O)c1ccc([N+](=O)[O-])cc1Cc1ccccc1.CCNc1ccc(S(=O)(=O)CC(C)(C)C=O)c(Cc2ccccc2)c1.CCNc1ccc2c(c1)C(c1ccccc1)C(O)C(C)(C)CS2(=O)=O.CCNc1ccc2c(c1)C(c1ccccc1)C(O)C(C)(C)CS2(=O)=O.[CH2]=[V].[CH2]=[V]([I])([I])[I].[HH]. The Balaban J connectivity index is 0.000000368. The summed E-state index contributed by atoms with van der Waals surface area (Å²) in [6.07, 6.45) is 2.15. The molecule has 0 amide bonds. The maximum absolute atomic E-state index is 13.0. The molecule has 28 heteroatoms. The van der Waals surface area contributed by atoms with Gasteiger partial charge >= 0.3 is 90.7 Å². The average Bonchev–Trinajstić information content (AvgIpc) is 1.59. The van der Waals surface area contributed by atoms with E-state index in [1.807, 2.05) is 188 Å². The van der Waals surface area contributed by atoms with Crippen LogP contribution in [0.15, 0.2) is 214 Å². The Hall–Kier alpha value is -5.92. The molecule has 19 nitrogen and oxygen atoms in total. The smallest absolute Gasteiger partial charge is 0 e. The van der Waals surface area contributed by atoms with Crippen LogP contribution in [-0.2, 0) is 82.1 Å². The molecule has 0 fully saturated rings. The number of carbonyl (C=O) groups excluding carboxylic acids is 2. The normalized spacial score (nSPS) is 16.9. The van der Waals surface area contributed by atoms with Crippen molar-refractivity contribution < 1.29 is 85.3 Å². The van der Waals surface area contributed by atoms with Gasteiger partial charge in [0.1, 0.15) is 18.7 Å². The van der Waals surface area contributed by atoms with Crippen LogP contribution in [0.3, 0.4) is 0 Å². The molecule has 8 aromatic rings. The van der Waals surface area contributed by atoms with Crippen LogP contribution in [0.25, 0.3) is 0 Å². The average molecular weight is 2010 g/mol. The number of nitrogens with zero attached hydrogens (tertiary/aromatic N) is 1. The van der Waals surface area contributed by atoms with E-state index in [0.717, 1.165) is 64.5 Å². The number of hydrogen-bond donors (Lipinski definition) is 6. The Morgan fingerprint density at radius 2 is 0.865 bits per heavy atom. The Morgan fingerprint density at radius 1 is 0.568 bits per heavy atom. The molecule has 6 N–H and O–H groups in total. The number of rotatable bonds is 21. The van der Waals surface area contributed by atoms with Gasteiger partial charge < -0.3 is 40.9 Å². The molecule has 0 aliphatic carbocycles. The van der Waals surface area contributed by atoms with Crippen molar-refractivity contribution in [3.8, 4) is 12.0 Å². The van der Waals surface area contributed by atoms with Crippen LogP contribution in [0.5, 0.6) is 0 Å². The van der Waals surface area contributed by atoms with Gasteiger partial charge in [-0.1, -0.05) is 183 Å². The number of non-ortho nitro benzene ring substituents is 1. The predicted octanol–water partition coefficient (Wildman–Crippen LogP) is 16.9. The Labute approximate surface area is 703 Å². The van der Waals surface area contributed by atoms with Crippen LogP contribution in [0.4, 0.5) is 22.7 Å². The molecule has 2 aliphatic rings. The summed E-state index contributed by atoms with van der Waals surface area (Å²) < 4.78 is 102. The van der Waals surface area contributed by atoms with Crippen LogP contribution in [0, 0.1) is 43.8 Å². The second-order valence-corrected chi connectivity index (χ2v) is 81.9. The van der Waals surface area contributed by atoms with E-state index in [1.165, 1.54) is 18.2 Å². The van der Waals surface area contributed by atoms with Crippen LogP contribution in [-0.4, -0.2) is 132 Å². The molecule has 2 heterocycles. The number of fused-ring (bicyclic) bond motifs is 2. The Morgan fingerprint density at radius 3 is 1.17 bits per heavy atom. The van der Waals surface area contributed by atoms with Crippen molar-refractivity contribution in [2.24, 2.45) is 21.7 Å². The summed E-state index contributed by atoms with van der Waals surface area (Å²) in [5, 5.41) is 57.6. The summed E-state index contributed by atoms with van der Waals surface area (Å²) in [6.45, 7) is 23.5. The molecule has 0 saturated carbocycles. The first-order chi connectivity index (χ1) is 51.8. The van der Waals surface area contributed by atoms with Crippen molar-refractivity contribution in [2.45, 2.75) is 140 Å². The van der Waals surface area contributed by atoms with E-state index in [-0.39, 0.29) is 53.3 Å². The molecule has 2 aliphatic heterocycles. The molecule has 0 bridgehead atoms. The van der Waals surface area contributed by atoms with Gasteiger partial charge in [0.15, 0.2) is 39.3 Å². The van der Waals surface area contributed by atoms with Gasteiger partial charge in [-0.2, -0.15) is 0 Å². The fraction of sp³-hybridized carbons (Fsp3) is 0.349. The van der Waals surface area contributed by atoms with E-state index in [2.05, 4.69) is 109 Å². The molecule has 601 valence electrons. The molecule has 10 rings (SSSR count). The predicted molar refractivity (Wildman–Crippen MR) is 471 cm³/mol. The Kier molecular flexibility index (Phi) is 38.4. The summed E-state index contributed by atoms with van der Waals surface area (Å²) in [7, 11) is -14.3. The van der Waals surface area contributed by atoms with Crippen LogP contribution >= 0.6 is 59.9 Å². The summed E-state index contributed by atoms with van der Waals surface area (Å²) in [6, 6.07) is 57.9. The van der Waals surface area contributed by atoms with E-state index in [4.69, 9.17) is 5.11 Å². The second kappa shape index (κ2) is 43.7. The van der Waals surface area contributed by atoms with Gasteiger partial charge in [-0.05, 0) is 139 Å². The van der Waals surface area contributed by atoms with Crippen LogP contribution in [0.2, 0.25) is 0 Å². The van der Waals surface area contributed by atoms with Gasteiger partial charge in [-0.15, -0.1) is 0 Å². The maximum atomic E-state index is 13.0. The zero-order valence-corrected chi connectivity index (χ0v) is 77.1. The summed E-state index contributed by atoms with van der Waals surface area (Å²) in [4.78, 5) is 33.8. The molecule has 8 aromatic carbocycles. The number of hydrogen-bond acceptors (Lipinski definition) is 18. The van der Waals surface area contributed by atoms with Gasteiger partial charge in [0.25, 0.3) is 5.69 Å². The minimum absolute atomic E-state index is 0. The second-order valence-electron chi connectivity index (χ2n) is 29.1. The van der Waals surface area contributed by atoms with Gasteiger partial charge in [-0.3, -0.25) is 10.1 Å². The summed E-state index contributed by atoms with van der Waals surface area (Å²) >= 11 is 9.30. The van der Waals surface area contributed by atoms with Gasteiger partial charge in [0.2, 0.25) is 0 Å². The third-order valence-corrected chi connectivity index (χ3v) is 26.2. The molecule has 4 unspecified atom stereocenters. The number of halogens is 3. The topological polar surface area (TPSA) is 311 Å². The minimum Gasteiger partial charge on any atom is 0 e. The van der Waals surface area contributed by atoms with Crippen LogP contribution < -0.4 is 16.0 Å². The number of nitro groups is 1. The maximum Gasteiger partial charge on any atom is 0 e. The van der Waals surface area contributed by atoms with E-state index in [9.17, 15) is 63.6 Å². The summed E-state index contributed by atoms with van der Waals surface area (Å²) in [5.74, 6) is 0.759. The molecule has 4 atom stereocenters. The minimum atomic E-state index is -3.78. The zero-order chi connectivity index (χ0) is 83.6. The van der Waals surface area contributed by atoms with Gasteiger partial charge in [-0.25, -0.2) is 33.7 Å². The molecular weight excluding hydrogens is 1900 g/mol. The van der Waals surface area contributed by atoms with E-state index >= 15 is 0 Å². The largest absolute Gasteiger partial charge is 0 e. The van der Waals surface area contributed by atoms with E-state index < -0.39 is 81.5 Å². The third-order valence-electron chi connectivity index (χ3n) is 17.5. The van der Waals surface area contributed by atoms with Crippen LogP contribution in [0.1, 0.15) is 141 Å². The number of sulfone groups is 4. The van der Waals surface area contributed by atoms with Gasteiger partial charge in [0, 0.05) is 90.7 Å². The van der Waals surface area contributed by atoms with Crippen molar-refractivity contribution >= 4 is 145 Å². The number of aliphatic hydroxyl groups is 3. The number of nitro benzene ring substituents is 1. The molecular formula is C83H104I3N4O15S4V2. The number of nitrogens with one attached hydrogen (secondary N) is 3. The molecule has 0 radical (unpaired) electrons.